The maximum Gasteiger partial charge on any atom is 0.220 e. The van der Waals surface area contributed by atoms with Crippen LogP contribution in [0.15, 0.2) is 6.07 Å². The molecule has 1 amide bonds. The summed E-state index contributed by atoms with van der Waals surface area (Å²) in [4.78, 5) is 20.0. The fourth-order valence-corrected chi connectivity index (χ4v) is 5.25. The van der Waals surface area contributed by atoms with Crippen molar-refractivity contribution in [3.63, 3.8) is 0 Å². The van der Waals surface area contributed by atoms with Crippen LogP contribution in [0.2, 0.25) is 0 Å². The molecule has 1 N–H and O–H groups in total. The third-order valence-electron chi connectivity index (χ3n) is 6.97. The summed E-state index contributed by atoms with van der Waals surface area (Å²) in [7, 11) is 0. The minimum Gasteiger partial charge on any atom is -0.379 e. The Morgan fingerprint density at radius 1 is 1.17 bits per heavy atom. The van der Waals surface area contributed by atoms with Crippen LogP contribution in [0.1, 0.15) is 61.2 Å². The van der Waals surface area contributed by atoms with Gasteiger partial charge in [-0.05, 0) is 45.6 Å². The van der Waals surface area contributed by atoms with Gasteiger partial charge in [-0.15, -0.1) is 0 Å². The lowest BCUT2D eigenvalue weighted by Gasteiger charge is -2.48. The Labute approximate surface area is 179 Å². The van der Waals surface area contributed by atoms with Gasteiger partial charge in [0, 0.05) is 49.0 Å². The maximum absolute atomic E-state index is 12.8. The molecule has 0 spiro atoms. The highest BCUT2D eigenvalue weighted by Gasteiger charge is 2.38. The Morgan fingerprint density at radius 3 is 2.63 bits per heavy atom. The highest BCUT2D eigenvalue weighted by atomic mass is 16.5. The predicted molar refractivity (Wildman–Crippen MR) is 117 cm³/mol. The van der Waals surface area contributed by atoms with Crippen molar-refractivity contribution in [3.05, 3.63) is 28.7 Å². The number of aromatic nitrogens is 3. The van der Waals surface area contributed by atoms with Crippen LogP contribution < -0.4 is 5.32 Å². The van der Waals surface area contributed by atoms with Crippen molar-refractivity contribution in [2.24, 2.45) is 0 Å². The van der Waals surface area contributed by atoms with E-state index in [-0.39, 0.29) is 11.4 Å². The molecule has 2 aromatic rings. The first-order valence-corrected chi connectivity index (χ1v) is 11.4. The molecule has 7 heteroatoms. The van der Waals surface area contributed by atoms with Crippen LogP contribution in [0.5, 0.6) is 0 Å². The molecule has 2 fully saturated rings. The van der Waals surface area contributed by atoms with Crippen LogP contribution in [0.3, 0.4) is 0 Å². The Bertz CT molecular complexity index is 895. The van der Waals surface area contributed by atoms with Gasteiger partial charge in [-0.1, -0.05) is 19.3 Å². The number of amides is 1. The monoisotopic (exact) mass is 413 g/mol. The standard InChI is InChI=1S/C23H35N5O2/c1-17-15-21-25-18(2)20(19(3)28(21)26-17)7-8-22(29)24-16-23(9-5-4-6-10-23)27-11-13-30-14-12-27/h15H,4-14,16H2,1-3H3,(H,24,29). The van der Waals surface area contributed by atoms with Crippen molar-refractivity contribution in [1.29, 1.82) is 0 Å². The van der Waals surface area contributed by atoms with E-state index in [1.807, 2.05) is 24.4 Å². The van der Waals surface area contributed by atoms with Gasteiger partial charge in [0.25, 0.3) is 0 Å². The number of nitrogens with zero attached hydrogens (tertiary/aromatic N) is 4. The van der Waals surface area contributed by atoms with Crippen molar-refractivity contribution < 1.29 is 9.53 Å². The van der Waals surface area contributed by atoms with E-state index >= 15 is 0 Å². The van der Waals surface area contributed by atoms with Gasteiger partial charge < -0.3 is 10.1 Å². The van der Waals surface area contributed by atoms with E-state index in [1.165, 1.54) is 32.1 Å². The van der Waals surface area contributed by atoms with Crippen molar-refractivity contribution in [3.8, 4) is 0 Å². The molecule has 1 saturated carbocycles. The molecule has 4 rings (SSSR count). The van der Waals surface area contributed by atoms with Gasteiger partial charge in [-0.25, -0.2) is 9.50 Å². The van der Waals surface area contributed by atoms with Gasteiger partial charge >= 0.3 is 0 Å². The number of hydrogen-bond acceptors (Lipinski definition) is 5. The van der Waals surface area contributed by atoms with E-state index in [2.05, 4.69) is 27.2 Å². The van der Waals surface area contributed by atoms with Crippen LogP contribution in [0.25, 0.3) is 5.65 Å². The summed E-state index contributed by atoms with van der Waals surface area (Å²) in [6, 6.07) is 1.99. The fourth-order valence-electron chi connectivity index (χ4n) is 5.25. The number of rotatable bonds is 6. The normalized spacial score (nSPS) is 19.8. The Balaban J connectivity index is 1.39. The average Bonchev–Trinajstić information content (AvgIpc) is 3.13. The number of carbonyl (C=O) groups is 1. The number of hydrogen-bond donors (Lipinski definition) is 1. The summed E-state index contributed by atoms with van der Waals surface area (Å²) in [5, 5.41) is 7.81. The lowest BCUT2D eigenvalue weighted by Crippen LogP contribution is -2.59. The topological polar surface area (TPSA) is 71.8 Å². The minimum absolute atomic E-state index is 0.108. The molecule has 164 valence electrons. The van der Waals surface area contributed by atoms with E-state index < -0.39 is 0 Å². The Morgan fingerprint density at radius 2 is 1.90 bits per heavy atom. The second-order valence-corrected chi connectivity index (χ2v) is 8.98. The van der Waals surface area contributed by atoms with Gasteiger partial charge in [-0.2, -0.15) is 5.10 Å². The van der Waals surface area contributed by atoms with Crippen molar-refractivity contribution in [1.82, 2.24) is 24.8 Å². The summed E-state index contributed by atoms with van der Waals surface area (Å²) in [5.41, 5.74) is 5.14. The molecule has 1 aliphatic heterocycles. The first kappa shape index (κ1) is 21.2. The van der Waals surface area contributed by atoms with Gasteiger partial charge in [0.15, 0.2) is 5.65 Å². The Hall–Kier alpha value is -1.99. The minimum atomic E-state index is 0.108. The smallest absolute Gasteiger partial charge is 0.220 e. The molecule has 2 aromatic heterocycles. The first-order chi connectivity index (χ1) is 14.5. The average molecular weight is 414 g/mol. The van der Waals surface area contributed by atoms with Gasteiger partial charge in [0.2, 0.25) is 5.91 Å². The van der Waals surface area contributed by atoms with E-state index in [1.54, 1.807) is 0 Å². The quantitative estimate of drug-likeness (QED) is 0.788. The molecule has 0 unspecified atom stereocenters. The van der Waals surface area contributed by atoms with Crippen LogP contribution >= 0.6 is 0 Å². The lowest BCUT2D eigenvalue weighted by atomic mass is 9.79. The first-order valence-electron chi connectivity index (χ1n) is 11.4. The van der Waals surface area contributed by atoms with Crippen LogP contribution in [0.4, 0.5) is 0 Å². The molecular formula is C23H35N5O2. The van der Waals surface area contributed by atoms with E-state index in [0.717, 1.165) is 61.1 Å². The molecule has 30 heavy (non-hydrogen) atoms. The molecule has 7 nitrogen and oxygen atoms in total. The van der Waals surface area contributed by atoms with Crippen LogP contribution in [-0.4, -0.2) is 63.8 Å². The number of ether oxygens (including phenoxy) is 1. The molecule has 1 aliphatic carbocycles. The fraction of sp³-hybridized carbons (Fsp3) is 0.696. The zero-order chi connectivity index (χ0) is 21.1. The second-order valence-electron chi connectivity index (χ2n) is 8.98. The van der Waals surface area contributed by atoms with E-state index in [9.17, 15) is 4.79 Å². The third-order valence-corrected chi connectivity index (χ3v) is 6.97. The number of fused-ring (bicyclic) bond motifs is 1. The van der Waals surface area contributed by atoms with Crippen LogP contribution in [-0.2, 0) is 16.0 Å². The molecule has 2 aliphatic rings. The SMILES string of the molecule is Cc1cc2nc(C)c(CCC(=O)NCC3(N4CCOCC4)CCCCC3)c(C)n2n1. The zero-order valence-corrected chi connectivity index (χ0v) is 18.7. The number of morpholine rings is 1. The summed E-state index contributed by atoms with van der Waals surface area (Å²) in [5.74, 6) is 0.128. The summed E-state index contributed by atoms with van der Waals surface area (Å²) < 4.78 is 7.45. The molecule has 0 aromatic carbocycles. The largest absolute Gasteiger partial charge is 0.379 e. The van der Waals surface area contributed by atoms with Crippen LogP contribution in [0, 0.1) is 20.8 Å². The molecule has 0 bridgehead atoms. The van der Waals surface area contributed by atoms with E-state index in [0.29, 0.717) is 12.8 Å². The number of carbonyl (C=O) groups excluding carboxylic acids is 1. The van der Waals surface area contributed by atoms with Crippen molar-refractivity contribution in [2.45, 2.75) is 71.3 Å². The van der Waals surface area contributed by atoms with E-state index in [4.69, 9.17) is 4.74 Å². The highest BCUT2D eigenvalue weighted by Crippen LogP contribution is 2.34. The Kier molecular flexibility index (Phi) is 6.39. The van der Waals surface area contributed by atoms with Crippen molar-refractivity contribution >= 4 is 11.6 Å². The van der Waals surface area contributed by atoms with Gasteiger partial charge in [0.05, 0.1) is 18.9 Å². The van der Waals surface area contributed by atoms with Gasteiger partial charge in [-0.3, -0.25) is 9.69 Å². The molecule has 0 radical (unpaired) electrons. The predicted octanol–water partition coefficient (Wildman–Crippen LogP) is 2.74. The highest BCUT2D eigenvalue weighted by molar-refractivity contribution is 5.76. The summed E-state index contributed by atoms with van der Waals surface area (Å²) >= 11 is 0. The molecule has 0 atom stereocenters. The molecule has 1 saturated heterocycles. The lowest BCUT2D eigenvalue weighted by molar-refractivity contribution is -0.122. The number of aryl methyl sites for hydroxylation is 3. The second kappa shape index (κ2) is 9.02. The number of nitrogens with one attached hydrogen (secondary N) is 1. The van der Waals surface area contributed by atoms with Gasteiger partial charge in [0.1, 0.15) is 0 Å². The molecule has 3 heterocycles. The summed E-state index contributed by atoms with van der Waals surface area (Å²) in [6.45, 7) is 10.4. The van der Waals surface area contributed by atoms with Crippen molar-refractivity contribution in [2.75, 3.05) is 32.8 Å². The summed E-state index contributed by atoms with van der Waals surface area (Å²) in [6.07, 6.45) is 7.32. The third kappa shape index (κ3) is 4.37. The zero-order valence-electron chi connectivity index (χ0n) is 18.7. The molecular weight excluding hydrogens is 378 g/mol. The maximum atomic E-state index is 12.8.